The van der Waals surface area contributed by atoms with Crippen molar-refractivity contribution >= 4 is 33.6 Å². The zero-order chi connectivity index (χ0) is 68.1. The van der Waals surface area contributed by atoms with Crippen LogP contribution >= 0.6 is 15.6 Å². The van der Waals surface area contributed by atoms with Crippen LogP contribution < -0.4 is 0 Å². The van der Waals surface area contributed by atoms with Gasteiger partial charge >= 0.3 is 33.6 Å². The van der Waals surface area contributed by atoms with Crippen LogP contribution in [0.4, 0.5) is 0 Å². The molecule has 4 N–H and O–H groups in total. The SMILES string of the molecule is CC/C=C\C/C=C\C/C=C\C/C=C\C/C=C\CCCCCCCCCCCC(=O)OCC(O)COP(=O)(O)OCC(O)COP(=O)(O)OCC(COC(=O)CCC/C=C\C/C=C\C/C=C\C/C=C\C/C=C\CC)OC(=O)CCCCCCCCCCCCCCCCC. The highest BCUT2D eigenvalue weighted by molar-refractivity contribution is 7.47. The number of carbonyl (C=O) groups excluding carboxylic acids is 3. The molecule has 0 saturated heterocycles. The summed E-state index contributed by atoms with van der Waals surface area (Å²) in [5.41, 5.74) is 0. The Bertz CT molecular complexity index is 2180. The number of aliphatic hydroxyl groups is 2. The van der Waals surface area contributed by atoms with Gasteiger partial charge in [-0.2, -0.15) is 0 Å². The Labute approximate surface area is 563 Å². The molecule has 5 atom stereocenters. The van der Waals surface area contributed by atoms with Gasteiger partial charge in [0.15, 0.2) is 6.10 Å². The predicted molar refractivity (Wildman–Crippen MR) is 380 cm³/mol. The summed E-state index contributed by atoms with van der Waals surface area (Å²) in [6.45, 7) is 2.38. The van der Waals surface area contributed by atoms with Crippen LogP contribution in [-0.2, 0) is 55.8 Å². The molecule has 534 valence electrons. The maximum atomic E-state index is 12.9. The van der Waals surface area contributed by atoms with Crippen molar-refractivity contribution in [3.8, 4) is 0 Å². The van der Waals surface area contributed by atoms with E-state index in [4.69, 9.17) is 32.3 Å². The van der Waals surface area contributed by atoms with E-state index in [-0.39, 0.29) is 19.3 Å². The molecule has 0 saturated carbocycles. The molecule has 18 heteroatoms. The van der Waals surface area contributed by atoms with Gasteiger partial charge in [-0.25, -0.2) is 9.13 Å². The van der Waals surface area contributed by atoms with Crippen molar-refractivity contribution < 1.29 is 75.8 Å². The van der Waals surface area contributed by atoms with E-state index < -0.39 is 91.5 Å². The van der Waals surface area contributed by atoms with Gasteiger partial charge < -0.3 is 34.2 Å². The van der Waals surface area contributed by atoms with Crippen molar-refractivity contribution in [3.05, 3.63) is 122 Å². The number of rotatable bonds is 67. The smallest absolute Gasteiger partial charge is 0.463 e. The third-order valence-electron chi connectivity index (χ3n) is 14.7. The predicted octanol–water partition coefficient (Wildman–Crippen LogP) is 20.2. The number of phosphoric ester groups is 2. The number of phosphoric acid groups is 2. The molecule has 0 aromatic heterocycles. The number of esters is 3. The van der Waals surface area contributed by atoms with Crippen LogP contribution in [0.2, 0.25) is 0 Å². The van der Waals surface area contributed by atoms with Crippen molar-refractivity contribution in [2.75, 3.05) is 39.6 Å². The quantitative estimate of drug-likeness (QED) is 0.0146. The minimum atomic E-state index is -4.94. The van der Waals surface area contributed by atoms with Crippen LogP contribution in [0.25, 0.3) is 0 Å². The Balaban J connectivity index is 4.62. The van der Waals surface area contributed by atoms with Gasteiger partial charge in [-0.3, -0.25) is 32.5 Å². The molecule has 0 aliphatic carbocycles. The molecular formula is C75H128O16P2. The second-order valence-corrected chi connectivity index (χ2v) is 26.5. The Morgan fingerprint density at radius 2 is 0.581 bits per heavy atom. The van der Waals surface area contributed by atoms with Crippen molar-refractivity contribution in [3.63, 3.8) is 0 Å². The highest BCUT2D eigenvalue weighted by Crippen LogP contribution is 2.45. The molecule has 93 heavy (non-hydrogen) atoms. The standard InChI is InChI=1S/C75H128O16P2/c1-4-7-10-13-16-19-22-25-28-30-31-32-33-34-35-36-37-39-42-43-46-49-52-55-58-61-73(78)85-64-70(76)65-87-92(81,82)88-66-71(77)67-89-93(83,84)90-69-72(91-75(80)63-60-57-54-51-48-45-40-27-24-21-18-15-12-9-6-3)68-86-74(79)62-59-56-53-50-47-44-41-38-29-26-23-20-17-14-11-8-5-2/h7-8,10-11,16-17,19-20,25-26,28-29,31-32,34-35,41,44,50,53,70-72,76-77H,4-6,9,12-15,18,21-24,27,30,33,36-40,42-43,45-49,51-52,54-69H2,1-3H3,(H,81,82)(H,83,84)/b10-7-,11-8-,19-16-,20-17-,28-25-,29-26-,32-31-,35-34-,44-41-,53-50-. The number of aliphatic hydroxyl groups excluding tert-OH is 2. The Hall–Kier alpha value is -4.05. The number of ether oxygens (including phenoxy) is 3. The van der Waals surface area contributed by atoms with E-state index in [1.54, 1.807) is 0 Å². The van der Waals surface area contributed by atoms with E-state index in [0.29, 0.717) is 25.7 Å². The molecule has 0 aliphatic rings. The van der Waals surface area contributed by atoms with Gasteiger partial charge in [0, 0.05) is 19.3 Å². The third kappa shape index (κ3) is 69.1. The second kappa shape index (κ2) is 67.9. The van der Waals surface area contributed by atoms with Crippen molar-refractivity contribution in [1.29, 1.82) is 0 Å². The van der Waals surface area contributed by atoms with Crippen LogP contribution in [0, 0.1) is 0 Å². The lowest BCUT2D eigenvalue weighted by Gasteiger charge is -2.21. The molecule has 0 bridgehead atoms. The maximum Gasteiger partial charge on any atom is 0.472 e. The van der Waals surface area contributed by atoms with Crippen LogP contribution in [0.5, 0.6) is 0 Å². The summed E-state index contributed by atoms with van der Waals surface area (Å²) < 4.78 is 60.9. The van der Waals surface area contributed by atoms with Gasteiger partial charge in [0.25, 0.3) is 0 Å². The second-order valence-electron chi connectivity index (χ2n) is 23.6. The molecule has 0 rings (SSSR count). The monoisotopic (exact) mass is 1350 g/mol. The maximum absolute atomic E-state index is 12.9. The number of hydrogen-bond donors (Lipinski definition) is 4. The fourth-order valence-electron chi connectivity index (χ4n) is 9.28. The van der Waals surface area contributed by atoms with Crippen LogP contribution in [0.1, 0.15) is 278 Å². The Morgan fingerprint density at radius 1 is 0.312 bits per heavy atom. The molecule has 0 aliphatic heterocycles. The highest BCUT2D eigenvalue weighted by atomic mass is 31.2. The van der Waals surface area contributed by atoms with E-state index in [9.17, 15) is 43.5 Å². The van der Waals surface area contributed by atoms with Gasteiger partial charge in [-0.15, -0.1) is 0 Å². The number of carbonyl (C=O) groups is 3. The summed E-state index contributed by atoms with van der Waals surface area (Å²) in [6, 6.07) is 0. The van der Waals surface area contributed by atoms with Crippen molar-refractivity contribution in [2.24, 2.45) is 0 Å². The molecule has 0 amide bonds. The van der Waals surface area contributed by atoms with E-state index >= 15 is 0 Å². The zero-order valence-corrected chi connectivity index (χ0v) is 59.7. The van der Waals surface area contributed by atoms with Gasteiger partial charge in [0.2, 0.25) is 0 Å². The summed E-state index contributed by atoms with van der Waals surface area (Å²) in [4.78, 5) is 58.4. The van der Waals surface area contributed by atoms with E-state index in [1.165, 1.54) is 89.9 Å². The normalized spacial score (nSPS) is 14.9. The van der Waals surface area contributed by atoms with Crippen molar-refractivity contribution in [2.45, 2.75) is 296 Å². The van der Waals surface area contributed by atoms with E-state index in [2.05, 4.69) is 130 Å². The average Bonchev–Trinajstić information content (AvgIpc) is 2.84. The van der Waals surface area contributed by atoms with E-state index in [1.807, 2.05) is 12.2 Å². The molecule has 16 nitrogen and oxygen atoms in total. The van der Waals surface area contributed by atoms with Crippen LogP contribution in [0.3, 0.4) is 0 Å². The number of unbranched alkanes of at least 4 members (excludes halogenated alkanes) is 24. The van der Waals surface area contributed by atoms with Gasteiger partial charge in [-0.05, 0) is 103 Å². The molecule has 0 heterocycles. The molecule has 0 radical (unpaired) electrons. The molecule has 0 fully saturated rings. The summed E-state index contributed by atoms with van der Waals surface area (Å²) in [6.07, 6.45) is 78.3. The first-order valence-corrected chi connectivity index (χ1v) is 38.8. The van der Waals surface area contributed by atoms with Crippen LogP contribution in [0.15, 0.2) is 122 Å². The number of allylic oxidation sites excluding steroid dienone is 20. The Morgan fingerprint density at radius 3 is 0.946 bits per heavy atom. The summed E-state index contributed by atoms with van der Waals surface area (Å²) >= 11 is 0. The van der Waals surface area contributed by atoms with Gasteiger partial charge in [0.1, 0.15) is 25.4 Å². The summed E-state index contributed by atoms with van der Waals surface area (Å²) in [5.74, 6) is -1.65. The molecule has 0 aromatic rings. The summed E-state index contributed by atoms with van der Waals surface area (Å²) in [5, 5.41) is 20.6. The Kier molecular flexibility index (Phi) is 65.0. The zero-order valence-electron chi connectivity index (χ0n) is 57.9. The lowest BCUT2D eigenvalue weighted by Crippen LogP contribution is -2.30. The first-order chi connectivity index (χ1) is 45.2. The van der Waals surface area contributed by atoms with Gasteiger partial charge in [-0.1, -0.05) is 277 Å². The molecular weight excluding hydrogens is 1220 g/mol. The third-order valence-corrected chi connectivity index (χ3v) is 16.6. The minimum absolute atomic E-state index is 0.0918. The minimum Gasteiger partial charge on any atom is -0.463 e. The first kappa shape index (κ1) is 89.0. The topological polar surface area (TPSA) is 231 Å². The van der Waals surface area contributed by atoms with Gasteiger partial charge in [0.05, 0.1) is 26.4 Å². The van der Waals surface area contributed by atoms with Crippen LogP contribution in [-0.4, -0.2) is 95.9 Å². The lowest BCUT2D eigenvalue weighted by atomic mass is 10.0. The van der Waals surface area contributed by atoms with E-state index in [0.717, 1.165) is 122 Å². The number of hydrogen-bond acceptors (Lipinski definition) is 14. The summed E-state index contributed by atoms with van der Waals surface area (Å²) in [7, 11) is -9.80. The first-order valence-electron chi connectivity index (χ1n) is 35.8. The highest BCUT2D eigenvalue weighted by Gasteiger charge is 2.29. The fraction of sp³-hybridized carbons (Fsp3) is 0.693. The average molecular weight is 1350 g/mol. The lowest BCUT2D eigenvalue weighted by molar-refractivity contribution is -0.161. The molecule has 5 unspecified atom stereocenters. The largest absolute Gasteiger partial charge is 0.472 e. The molecule has 0 aromatic carbocycles. The fourth-order valence-corrected chi connectivity index (χ4v) is 10.9. The van der Waals surface area contributed by atoms with Crippen molar-refractivity contribution in [1.82, 2.24) is 0 Å². The molecule has 0 spiro atoms.